The van der Waals surface area contributed by atoms with E-state index >= 15 is 0 Å². The SMILES string of the molecule is O=C(Nc1ccc(Oc2ccc(-n3cccc3)nn2)cc1)Nc1ccc(OC(F)(F)F)cc1. The zero-order valence-corrected chi connectivity index (χ0v) is 16.8. The summed E-state index contributed by atoms with van der Waals surface area (Å²) in [4.78, 5) is 12.1. The van der Waals surface area contributed by atoms with Crippen molar-refractivity contribution in [2.45, 2.75) is 6.36 Å². The Morgan fingerprint density at radius 1 is 0.788 bits per heavy atom. The summed E-state index contributed by atoms with van der Waals surface area (Å²) in [5.41, 5.74) is 0.773. The Balaban J connectivity index is 1.29. The number of halogens is 3. The van der Waals surface area contributed by atoms with Gasteiger partial charge < -0.3 is 24.7 Å². The molecule has 0 bridgehead atoms. The number of benzene rings is 2. The van der Waals surface area contributed by atoms with Crippen molar-refractivity contribution in [1.82, 2.24) is 14.8 Å². The molecular formula is C22H16F3N5O3. The first kappa shape index (κ1) is 21.7. The first-order valence-electron chi connectivity index (χ1n) is 9.53. The predicted octanol–water partition coefficient (Wildman–Crippen LogP) is 5.60. The quantitative estimate of drug-likeness (QED) is 0.395. The van der Waals surface area contributed by atoms with E-state index in [4.69, 9.17) is 4.74 Å². The summed E-state index contributed by atoms with van der Waals surface area (Å²) in [5, 5.41) is 13.2. The molecule has 0 fully saturated rings. The van der Waals surface area contributed by atoms with Crippen LogP contribution in [-0.4, -0.2) is 27.2 Å². The van der Waals surface area contributed by atoms with E-state index in [2.05, 4.69) is 25.6 Å². The van der Waals surface area contributed by atoms with E-state index in [9.17, 15) is 18.0 Å². The normalized spacial score (nSPS) is 11.0. The van der Waals surface area contributed by atoms with Crippen molar-refractivity contribution in [3.63, 3.8) is 0 Å². The molecule has 2 amide bonds. The Hall–Kier alpha value is -4.54. The van der Waals surface area contributed by atoms with Gasteiger partial charge in [-0.3, -0.25) is 0 Å². The summed E-state index contributed by atoms with van der Waals surface area (Å²) >= 11 is 0. The van der Waals surface area contributed by atoms with E-state index in [1.54, 1.807) is 36.4 Å². The maximum atomic E-state index is 12.2. The van der Waals surface area contributed by atoms with Crippen LogP contribution in [0.5, 0.6) is 17.4 Å². The number of nitrogens with zero attached hydrogens (tertiary/aromatic N) is 3. The maximum absolute atomic E-state index is 12.2. The van der Waals surface area contributed by atoms with Gasteiger partial charge in [-0.1, -0.05) is 0 Å². The molecule has 33 heavy (non-hydrogen) atoms. The highest BCUT2D eigenvalue weighted by Gasteiger charge is 2.30. The molecule has 0 unspecified atom stereocenters. The third-order valence-electron chi connectivity index (χ3n) is 4.18. The van der Waals surface area contributed by atoms with Gasteiger partial charge in [0.2, 0.25) is 5.88 Å². The molecule has 0 saturated heterocycles. The van der Waals surface area contributed by atoms with Gasteiger partial charge in [0.05, 0.1) is 0 Å². The lowest BCUT2D eigenvalue weighted by atomic mass is 10.3. The van der Waals surface area contributed by atoms with Gasteiger partial charge in [0.25, 0.3) is 0 Å². The van der Waals surface area contributed by atoms with E-state index < -0.39 is 12.4 Å². The molecular weight excluding hydrogens is 439 g/mol. The number of anilines is 2. The summed E-state index contributed by atoms with van der Waals surface area (Å²) in [5.74, 6) is 1.07. The Bertz CT molecular complexity index is 1190. The number of aromatic nitrogens is 3. The highest BCUT2D eigenvalue weighted by atomic mass is 19.4. The molecule has 0 spiro atoms. The van der Waals surface area contributed by atoms with Crippen molar-refractivity contribution in [2.75, 3.05) is 10.6 Å². The van der Waals surface area contributed by atoms with Crippen LogP contribution in [0, 0.1) is 0 Å². The second kappa shape index (κ2) is 9.30. The lowest BCUT2D eigenvalue weighted by Crippen LogP contribution is -2.19. The van der Waals surface area contributed by atoms with E-state index in [0.29, 0.717) is 28.8 Å². The van der Waals surface area contributed by atoms with Crippen LogP contribution in [0.3, 0.4) is 0 Å². The molecule has 0 aliphatic rings. The van der Waals surface area contributed by atoms with Crippen molar-refractivity contribution in [3.05, 3.63) is 85.2 Å². The molecule has 4 rings (SSSR count). The van der Waals surface area contributed by atoms with Gasteiger partial charge in [-0.05, 0) is 66.7 Å². The van der Waals surface area contributed by atoms with Gasteiger partial charge >= 0.3 is 12.4 Å². The fourth-order valence-electron chi connectivity index (χ4n) is 2.75. The predicted molar refractivity (Wildman–Crippen MR) is 114 cm³/mol. The number of urea groups is 1. The Morgan fingerprint density at radius 2 is 1.36 bits per heavy atom. The van der Waals surface area contributed by atoms with Crippen LogP contribution in [0.25, 0.3) is 5.82 Å². The Labute approximate surface area is 185 Å². The molecule has 2 N–H and O–H groups in total. The first-order valence-corrected chi connectivity index (χ1v) is 9.53. The topological polar surface area (TPSA) is 90.3 Å². The van der Waals surface area contributed by atoms with Crippen LogP contribution in [0.15, 0.2) is 85.2 Å². The zero-order valence-electron chi connectivity index (χ0n) is 16.8. The van der Waals surface area contributed by atoms with Crippen LogP contribution >= 0.6 is 0 Å². The summed E-state index contributed by atoms with van der Waals surface area (Å²) in [6.45, 7) is 0. The zero-order chi connectivity index (χ0) is 23.3. The number of nitrogens with one attached hydrogen (secondary N) is 2. The standard InChI is InChI=1S/C22H16F3N5O3/c23-22(24,25)33-18-9-5-16(6-10-18)27-21(31)26-15-3-7-17(8-4-15)32-20-12-11-19(28-29-20)30-13-1-2-14-30/h1-14H,(H2,26,27,31). The fourth-order valence-corrected chi connectivity index (χ4v) is 2.75. The number of alkyl halides is 3. The summed E-state index contributed by atoms with van der Waals surface area (Å²) in [6, 6.07) is 18.0. The number of carbonyl (C=O) groups is 1. The second-order valence-corrected chi connectivity index (χ2v) is 6.60. The minimum Gasteiger partial charge on any atom is -0.438 e. The number of carbonyl (C=O) groups excluding carboxylic acids is 1. The van der Waals surface area contributed by atoms with Gasteiger partial charge in [0.15, 0.2) is 5.82 Å². The van der Waals surface area contributed by atoms with Crippen LogP contribution in [0.2, 0.25) is 0 Å². The minimum absolute atomic E-state index is 0.295. The average Bonchev–Trinajstić information content (AvgIpc) is 3.31. The number of ether oxygens (including phenoxy) is 2. The molecule has 0 radical (unpaired) electrons. The fraction of sp³-hybridized carbons (Fsp3) is 0.0455. The molecule has 2 aromatic heterocycles. The molecule has 0 aliphatic heterocycles. The lowest BCUT2D eigenvalue weighted by molar-refractivity contribution is -0.274. The smallest absolute Gasteiger partial charge is 0.438 e. The second-order valence-electron chi connectivity index (χ2n) is 6.60. The Kier molecular flexibility index (Phi) is 6.11. The monoisotopic (exact) mass is 455 g/mol. The summed E-state index contributed by atoms with van der Waals surface area (Å²) in [7, 11) is 0. The summed E-state index contributed by atoms with van der Waals surface area (Å²) in [6.07, 6.45) is -1.07. The van der Waals surface area contributed by atoms with Crippen molar-refractivity contribution in [2.24, 2.45) is 0 Å². The largest absolute Gasteiger partial charge is 0.573 e. The minimum atomic E-state index is -4.78. The third kappa shape index (κ3) is 6.23. The highest BCUT2D eigenvalue weighted by Crippen LogP contribution is 2.24. The van der Waals surface area contributed by atoms with Crippen molar-refractivity contribution >= 4 is 17.4 Å². The molecule has 4 aromatic rings. The number of hydrogen-bond acceptors (Lipinski definition) is 5. The van der Waals surface area contributed by atoms with Crippen molar-refractivity contribution in [1.29, 1.82) is 0 Å². The first-order chi connectivity index (χ1) is 15.8. The van der Waals surface area contributed by atoms with Gasteiger partial charge in [-0.15, -0.1) is 23.4 Å². The van der Waals surface area contributed by atoms with Gasteiger partial charge in [-0.2, -0.15) is 0 Å². The maximum Gasteiger partial charge on any atom is 0.573 e. The number of hydrogen-bond donors (Lipinski definition) is 2. The summed E-state index contributed by atoms with van der Waals surface area (Å²) < 4.78 is 47.8. The molecule has 11 heteroatoms. The van der Waals surface area contributed by atoms with Crippen LogP contribution in [0.4, 0.5) is 29.3 Å². The molecule has 0 saturated carbocycles. The van der Waals surface area contributed by atoms with E-state index in [0.717, 1.165) is 12.1 Å². The average molecular weight is 455 g/mol. The molecule has 168 valence electrons. The van der Waals surface area contributed by atoms with Crippen LogP contribution < -0.4 is 20.1 Å². The lowest BCUT2D eigenvalue weighted by Gasteiger charge is -2.11. The van der Waals surface area contributed by atoms with E-state index in [1.807, 2.05) is 29.1 Å². The highest BCUT2D eigenvalue weighted by molar-refractivity contribution is 5.99. The molecule has 0 aliphatic carbocycles. The number of rotatable bonds is 6. The Morgan fingerprint density at radius 3 is 1.88 bits per heavy atom. The van der Waals surface area contributed by atoms with Gasteiger partial charge in [0, 0.05) is 29.8 Å². The van der Waals surface area contributed by atoms with Crippen molar-refractivity contribution < 1.29 is 27.4 Å². The molecule has 0 atom stereocenters. The number of amides is 2. The van der Waals surface area contributed by atoms with E-state index in [-0.39, 0.29) is 5.75 Å². The van der Waals surface area contributed by atoms with E-state index in [1.165, 1.54) is 12.1 Å². The van der Waals surface area contributed by atoms with Crippen LogP contribution in [-0.2, 0) is 0 Å². The molecule has 2 aromatic carbocycles. The van der Waals surface area contributed by atoms with Gasteiger partial charge in [-0.25, -0.2) is 4.79 Å². The molecule has 2 heterocycles. The van der Waals surface area contributed by atoms with Gasteiger partial charge in [0.1, 0.15) is 11.5 Å². The van der Waals surface area contributed by atoms with Crippen molar-refractivity contribution in [3.8, 4) is 23.2 Å². The van der Waals surface area contributed by atoms with Crippen LogP contribution in [0.1, 0.15) is 0 Å². The third-order valence-corrected chi connectivity index (χ3v) is 4.18. The molecule has 8 nitrogen and oxygen atoms in total.